The number of carbonyl (C=O) groups excluding carboxylic acids is 1. The quantitative estimate of drug-likeness (QED) is 0.918. The van der Waals surface area contributed by atoms with Gasteiger partial charge in [0.25, 0.3) is 5.91 Å². The molecule has 1 unspecified atom stereocenters. The highest BCUT2D eigenvalue weighted by Gasteiger charge is 2.22. The Morgan fingerprint density at radius 2 is 2.04 bits per heavy atom. The third-order valence-corrected chi connectivity index (χ3v) is 3.80. The maximum atomic E-state index is 12.5. The molecule has 1 heterocycles. The van der Waals surface area contributed by atoms with Gasteiger partial charge in [-0.1, -0.05) is 19.1 Å². The largest absolute Gasteiger partial charge is 0.481 e. The molecule has 6 heteroatoms. The van der Waals surface area contributed by atoms with Crippen molar-refractivity contribution < 1.29 is 14.7 Å². The lowest BCUT2D eigenvalue weighted by molar-refractivity contribution is -0.141. The standard InChI is InChI=1S/C17H21N3O3/c1-11-6-5-7-14(8-11)20-13(3)15(9-18-20)16(21)19(4)10-12(2)17(22)23/h5-9,12H,10H2,1-4H3,(H,22,23). The Bertz CT molecular complexity index is 736. The molecule has 0 aliphatic rings. The Morgan fingerprint density at radius 1 is 1.35 bits per heavy atom. The summed E-state index contributed by atoms with van der Waals surface area (Å²) in [6.07, 6.45) is 1.53. The average Bonchev–Trinajstić information content (AvgIpc) is 2.87. The van der Waals surface area contributed by atoms with E-state index < -0.39 is 11.9 Å². The summed E-state index contributed by atoms with van der Waals surface area (Å²) in [5.41, 5.74) is 3.21. The van der Waals surface area contributed by atoms with Gasteiger partial charge in [0.05, 0.1) is 29.1 Å². The van der Waals surface area contributed by atoms with Crippen LogP contribution in [-0.4, -0.2) is 45.3 Å². The third kappa shape index (κ3) is 3.59. The van der Waals surface area contributed by atoms with Crippen molar-refractivity contribution in [1.82, 2.24) is 14.7 Å². The van der Waals surface area contributed by atoms with E-state index in [9.17, 15) is 9.59 Å². The van der Waals surface area contributed by atoms with Gasteiger partial charge in [-0.25, -0.2) is 4.68 Å². The first-order valence-corrected chi connectivity index (χ1v) is 7.41. The number of nitrogens with zero attached hydrogens (tertiary/aromatic N) is 3. The molecule has 1 aromatic carbocycles. The van der Waals surface area contributed by atoms with Crippen LogP contribution in [0.5, 0.6) is 0 Å². The van der Waals surface area contributed by atoms with Crippen LogP contribution in [0.3, 0.4) is 0 Å². The highest BCUT2D eigenvalue weighted by Crippen LogP contribution is 2.17. The smallest absolute Gasteiger partial charge is 0.308 e. The molecule has 122 valence electrons. The first-order chi connectivity index (χ1) is 10.8. The first-order valence-electron chi connectivity index (χ1n) is 7.41. The molecule has 2 aromatic rings. The number of carboxylic acids is 1. The second-order valence-electron chi connectivity index (χ2n) is 5.82. The number of benzene rings is 1. The van der Waals surface area contributed by atoms with Crippen LogP contribution in [0.25, 0.3) is 5.69 Å². The zero-order chi connectivity index (χ0) is 17.1. The minimum Gasteiger partial charge on any atom is -0.481 e. The molecule has 0 radical (unpaired) electrons. The van der Waals surface area contributed by atoms with Gasteiger partial charge >= 0.3 is 5.97 Å². The minimum absolute atomic E-state index is 0.156. The molecule has 1 atom stereocenters. The topological polar surface area (TPSA) is 75.4 Å². The maximum Gasteiger partial charge on any atom is 0.308 e. The molecule has 0 aliphatic heterocycles. The van der Waals surface area contributed by atoms with Crippen molar-refractivity contribution in [3.8, 4) is 5.69 Å². The minimum atomic E-state index is -0.920. The van der Waals surface area contributed by atoms with E-state index in [0.29, 0.717) is 5.56 Å². The number of aliphatic carboxylic acids is 1. The Kier molecular flexibility index (Phi) is 4.83. The van der Waals surface area contributed by atoms with Crippen LogP contribution < -0.4 is 0 Å². The predicted octanol–water partition coefficient (Wildman–Crippen LogP) is 2.28. The van der Waals surface area contributed by atoms with Crippen molar-refractivity contribution in [2.75, 3.05) is 13.6 Å². The van der Waals surface area contributed by atoms with E-state index in [1.807, 2.05) is 38.1 Å². The summed E-state index contributed by atoms with van der Waals surface area (Å²) in [6.45, 7) is 5.56. The molecule has 0 aliphatic carbocycles. The molecule has 1 N–H and O–H groups in total. The summed E-state index contributed by atoms with van der Waals surface area (Å²) < 4.78 is 1.72. The van der Waals surface area contributed by atoms with E-state index >= 15 is 0 Å². The number of aryl methyl sites for hydroxylation is 1. The van der Waals surface area contributed by atoms with E-state index in [0.717, 1.165) is 16.9 Å². The molecule has 0 spiro atoms. The van der Waals surface area contributed by atoms with E-state index in [4.69, 9.17) is 5.11 Å². The molecule has 0 bridgehead atoms. The predicted molar refractivity (Wildman–Crippen MR) is 86.8 cm³/mol. The van der Waals surface area contributed by atoms with E-state index in [2.05, 4.69) is 5.10 Å². The molecule has 0 saturated carbocycles. The van der Waals surface area contributed by atoms with Gasteiger partial charge in [0.15, 0.2) is 0 Å². The summed E-state index contributed by atoms with van der Waals surface area (Å²) >= 11 is 0. The molecule has 1 aromatic heterocycles. The molecule has 2 rings (SSSR count). The van der Waals surface area contributed by atoms with Crippen molar-refractivity contribution in [3.63, 3.8) is 0 Å². The van der Waals surface area contributed by atoms with Gasteiger partial charge in [-0.15, -0.1) is 0 Å². The fourth-order valence-corrected chi connectivity index (χ4v) is 2.42. The lowest BCUT2D eigenvalue weighted by atomic mass is 10.1. The fourth-order valence-electron chi connectivity index (χ4n) is 2.42. The number of hydrogen-bond donors (Lipinski definition) is 1. The summed E-state index contributed by atoms with van der Waals surface area (Å²) in [5, 5.41) is 13.3. The molecular formula is C17H21N3O3. The summed E-state index contributed by atoms with van der Waals surface area (Å²) in [5.74, 6) is -1.76. The van der Waals surface area contributed by atoms with Crippen molar-refractivity contribution in [2.24, 2.45) is 5.92 Å². The number of carbonyl (C=O) groups is 2. The van der Waals surface area contributed by atoms with Crippen molar-refractivity contribution in [1.29, 1.82) is 0 Å². The van der Waals surface area contributed by atoms with Crippen molar-refractivity contribution in [3.05, 3.63) is 47.3 Å². The molecule has 0 fully saturated rings. The van der Waals surface area contributed by atoms with E-state index in [1.54, 1.807) is 18.7 Å². The second-order valence-corrected chi connectivity index (χ2v) is 5.82. The summed E-state index contributed by atoms with van der Waals surface area (Å²) in [7, 11) is 1.60. The molecule has 6 nitrogen and oxygen atoms in total. The van der Waals surface area contributed by atoms with Gasteiger partial charge in [0.2, 0.25) is 0 Å². The monoisotopic (exact) mass is 315 g/mol. The van der Waals surface area contributed by atoms with Gasteiger partial charge in [-0.2, -0.15) is 5.10 Å². The van der Waals surface area contributed by atoms with Crippen molar-refractivity contribution in [2.45, 2.75) is 20.8 Å². The van der Waals surface area contributed by atoms with Gasteiger partial charge in [0.1, 0.15) is 0 Å². The Labute approximate surface area is 135 Å². The third-order valence-electron chi connectivity index (χ3n) is 3.80. The second kappa shape index (κ2) is 6.64. The van der Waals surface area contributed by atoms with Gasteiger partial charge in [0, 0.05) is 13.6 Å². The molecular weight excluding hydrogens is 294 g/mol. The molecule has 0 saturated heterocycles. The zero-order valence-corrected chi connectivity index (χ0v) is 13.8. The van der Waals surface area contributed by atoms with Crippen LogP contribution in [0.1, 0.15) is 28.5 Å². The molecule has 23 heavy (non-hydrogen) atoms. The number of aromatic nitrogens is 2. The lowest BCUT2D eigenvalue weighted by Gasteiger charge is -2.19. The number of hydrogen-bond acceptors (Lipinski definition) is 3. The maximum absolute atomic E-state index is 12.5. The van der Waals surface area contributed by atoms with E-state index in [1.165, 1.54) is 11.1 Å². The summed E-state index contributed by atoms with van der Waals surface area (Å²) in [4.78, 5) is 24.9. The van der Waals surface area contributed by atoms with Crippen LogP contribution in [0.4, 0.5) is 0 Å². The highest BCUT2D eigenvalue weighted by molar-refractivity contribution is 5.95. The van der Waals surface area contributed by atoms with Gasteiger partial charge in [-0.05, 0) is 31.5 Å². The van der Waals surface area contributed by atoms with Crippen LogP contribution in [0, 0.1) is 19.8 Å². The van der Waals surface area contributed by atoms with Crippen molar-refractivity contribution >= 4 is 11.9 Å². The fraction of sp³-hybridized carbons (Fsp3) is 0.353. The van der Waals surface area contributed by atoms with Crippen LogP contribution in [0.2, 0.25) is 0 Å². The number of amides is 1. The average molecular weight is 315 g/mol. The Hall–Kier alpha value is -2.63. The van der Waals surface area contributed by atoms with Crippen LogP contribution in [0.15, 0.2) is 30.5 Å². The highest BCUT2D eigenvalue weighted by atomic mass is 16.4. The Morgan fingerprint density at radius 3 is 2.65 bits per heavy atom. The van der Waals surface area contributed by atoms with Crippen LogP contribution in [-0.2, 0) is 4.79 Å². The van der Waals surface area contributed by atoms with Gasteiger partial charge in [-0.3, -0.25) is 9.59 Å². The zero-order valence-electron chi connectivity index (χ0n) is 13.8. The normalized spacial score (nSPS) is 12.0. The van der Waals surface area contributed by atoms with Gasteiger partial charge < -0.3 is 10.0 Å². The van der Waals surface area contributed by atoms with Crippen LogP contribution >= 0.6 is 0 Å². The van der Waals surface area contributed by atoms with E-state index in [-0.39, 0.29) is 12.5 Å². The number of rotatable bonds is 5. The SMILES string of the molecule is Cc1cccc(-n2ncc(C(=O)N(C)CC(C)C(=O)O)c2C)c1. The number of carboxylic acid groups (broad SMARTS) is 1. The first kappa shape index (κ1) is 16.7. The molecule has 1 amide bonds. The summed E-state index contributed by atoms with van der Waals surface area (Å²) in [6, 6.07) is 7.85. The lowest BCUT2D eigenvalue weighted by Crippen LogP contribution is -2.33. The Balaban J connectivity index is 2.25.